The van der Waals surface area contributed by atoms with Crippen molar-refractivity contribution in [3.8, 4) is 17.2 Å². The molecule has 54 heavy (non-hydrogen) atoms. The Morgan fingerprint density at radius 2 is 1.48 bits per heavy atom. The standard InChI is InChI=1S/C42H37N5O6S/c1-27-37(42(52)47(46(27)2)32-19-11-6-12-20-32)45-41(51)38(28-14-7-4-8-15-28)54-34-21-13-18-31(25-34)43-40(50)35(44-39(49)29-16-9-5-10-17-29)24-30-22-23-33(48)26-36(30)53-3/h4-26,38,48H,1-3H3,(H,43,50)(H,44,49)(H,45,51)/b35-24+. The summed E-state index contributed by atoms with van der Waals surface area (Å²) in [5, 5.41) is 17.6. The summed E-state index contributed by atoms with van der Waals surface area (Å²) >= 11 is 1.25. The van der Waals surface area contributed by atoms with Gasteiger partial charge in [-0.05, 0) is 73.2 Å². The number of para-hydroxylation sites is 1. The molecule has 0 aliphatic heterocycles. The molecule has 3 amide bonds. The number of methoxy groups -OCH3 is 1. The van der Waals surface area contributed by atoms with Crippen molar-refractivity contribution in [1.29, 1.82) is 0 Å². The zero-order valence-corrected chi connectivity index (χ0v) is 30.5. The first-order valence-corrected chi connectivity index (χ1v) is 17.7. The van der Waals surface area contributed by atoms with Gasteiger partial charge in [-0.3, -0.25) is 23.9 Å². The predicted molar refractivity (Wildman–Crippen MR) is 211 cm³/mol. The highest BCUT2D eigenvalue weighted by Crippen LogP contribution is 2.37. The first kappa shape index (κ1) is 37.0. The number of aromatic hydroxyl groups is 1. The molecule has 1 atom stereocenters. The number of phenolic OH excluding ortho intramolecular Hbond substituents is 1. The van der Waals surface area contributed by atoms with Crippen LogP contribution in [0.15, 0.2) is 149 Å². The lowest BCUT2D eigenvalue weighted by Gasteiger charge is -2.17. The number of nitrogens with zero attached hydrogens (tertiary/aromatic N) is 2. The Kier molecular flexibility index (Phi) is 11.4. The lowest BCUT2D eigenvalue weighted by atomic mass is 10.1. The first-order chi connectivity index (χ1) is 26.1. The molecule has 4 N–H and O–H groups in total. The van der Waals surface area contributed by atoms with E-state index in [0.717, 1.165) is 0 Å². The summed E-state index contributed by atoms with van der Waals surface area (Å²) in [5.41, 5.74) is 2.91. The minimum atomic E-state index is -0.774. The Labute approximate surface area is 315 Å². The maximum atomic E-state index is 14.1. The fraction of sp³-hybridized carbons (Fsp3) is 0.0952. The van der Waals surface area contributed by atoms with Gasteiger partial charge in [0.2, 0.25) is 5.91 Å². The summed E-state index contributed by atoms with van der Waals surface area (Å²) in [6.45, 7) is 1.77. The van der Waals surface area contributed by atoms with Crippen LogP contribution in [0.2, 0.25) is 0 Å². The van der Waals surface area contributed by atoms with Crippen molar-refractivity contribution < 1.29 is 24.2 Å². The molecule has 0 bridgehead atoms. The lowest BCUT2D eigenvalue weighted by Crippen LogP contribution is -2.30. The number of rotatable bonds is 12. The average molecular weight is 740 g/mol. The zero-order valence-electron chi connectivity index (χ0n) is 29.6. The van der Waals surface area contributed by atoms with E-state index in [0.29, 0.717) is 44.4 Å². The van der Waals surface area contributed by atoms with Crippen LogP contribution in [0.1, 0.15) is 32.4 Å². The van der Waals surface area contributed by atoms with E-state index in [-0.39, 0.29) is 22.7 Å². The predicted octanol–water partition coefficient (Wildman–Crippen LogP) is 7.08. The van der Waals surface area contributed by atoms with E-state index < -0.39 is 23.0 Å². The third kappa shape index (κ3) is 8.46. The highest BCUT2D eigenvalue weighted by atomic mass is 32.2. The molecule has 6 aromatic rings. The molecule has 12 heteroatoms. The summed E-state index contributed by atoms with van der Waals surface area (Å²) in [6, 6.07) is 38.3. The molecular weight excluding hydrogens is 703 g/mol. The summed E-state index contributed by atoms with van der Waals surface area (Å²) in [7, 11) is 3.19. The van der Waals surface area contributed by atoms with Gasteiger partial charge in [0.15, 0.2) is 0 Å². The highest BCUT2D eigenvalue weighted by molar-refractivity contribution is 8.00. The summed E-state index contributed by atoms with van der Waals surface area (Å²) < 4.78 is 8.60. The Bertz CT molecular complexity index is 2390. The highest BCUT2D eigenvalue weighted by Gasteiger charge is 2.26. The van der Waals surface area contributed by atoms with Crippen molar-refractivity contribution in [2.24, 2.45) is 7.05 Å². The van der Waals surface area contributed by atoms with Gasteiger partial charge in [0.1, 0.15) is 28.1 Å². The number of thioether (sulfide) groups is 1. The monoisotopic (exact) mass is 739 g/mol. The maximum absolute atomic E-state index is 14.1. The average Bonchev–Trinajstić information content (AvgIpc) is 3.40. The van der Waals surface area contributed by atoms with Crippen molar-refractivity contribution in [1.82, 2.24) is 14.7 Å². The van der Waals surface area contributed by atoms with E-state index in [1.54, 1.807) is 73.3 Å². The van der Waals surface area contributed by atoms with Crippen LogP contribution in [0.25, 0.3) is 11.8 Å². The fourth-order valence-corrected chi connectivity index (χ4v) is 6.78. The summed E-state index contributed by atoms with van der Waals surface area (Å²) in [5.74, 6) is -1.25. The molecule has 0 saturated heterocycles. The van der Waals surface area contributed by atoms with Gasteiger partial charge in [-0.25, -0.2) is 4.68 Å². The van der Waals surface area contributed by atoms with Gasteiger partial charge in [-0.15, -0.1) is 11.8 Å². The van der Waals surface area contributed by atoms with E-state index in [1.165, 1.54) is 41.8 Å². The molecule has 0 radical (unpaired) electrons. The number of aromatic nitrogens is 2. The number of carbonyl (C=O) groups is 3. The minimum Gasteiger partial charge on any atom is -0.508 e. The third-order valence-electron chi connectivity index (χ3n) is 8.53. The van der Waals surface area contributed by atoms with Crippen molar-refractivity contribution in [2.75, 3.05) is 17.7 Å². The lowest BCUT2D eigenvalue weighted by molar-refractivity contribution is -0.116. The fourth-order valence-electron chi connectivity index (χ4n) is 5.70. The second-order valence-corrected chi connectivity index (χ2v) is 13.3. The Hall–Kier alpha value is -6.79. The second-order valence-electron chi connectivity index (χ2n) is 12.1. The minimum absolute atomic E-state index is 0.0247. The number of carbonyl (C=O) groups excluding carboxylic acids is 3. The molecule has 0 fully saturated rings. The van der Waals surface area contributed by atoms with Crippen LogP contribution < -0.4 is 26.2 Å². The van der Waals surface area contributed by atoms with E-state index in [9.17, 15) is 24.3 Å². The number of amides is 3. The van der Waals surface area contributed by atoms with Gasteiger partial charge < -0.3 is 25.8 Å². The molecule has 0 aliphatic carbocycles. The molecule has 6 rings (SSSR count). The molecule has 0 spiro atoms. The number of phenols is 1. The van der Waals surface area contributed by atoms with E-state index in [2.05, 4.69) is 16.0 Å². The van der Waals surface area contributed by atoms with Gasteiger partial charge in [0, 0.05) is 34.8 Å². The van der Waals surface area contributed by atoms with Crippen molar-refractivity contribution in [3.63, 3.8) is 0 Å². The largest absolute Gasteiger partial charge is 0.508 e. The van der Waals surface area contributed by atoms with E-state index in [4.69, 9.17) is 4.74 Å². The number of anilines is 2. The molecule has 5 aromatic carbocycles. The van der Waals surface area contributed by atoms with Gasteiger partial charge in [-0.2, -0.15) is 0 Å². The molecule has 11 nitrogen and oxygen atoms in total. The number of hydrogen-bond donors (Lipinski definition) is 4. The maximum Gasteiger partial charge on any atom is 0.295 e. The van der Waals surface area contributed by atoms with Gasteiger partial charge in [-0.1, -0.05) is 72.8 Å². The Balaban J connectivity index is 1.27. The Morgan fingerprint density at radius 1 is 0.815 bits per heavy atom. The van der Waals surface area contributed by atoms with Gasteiger partial charge in [0.25, 0.3) is 17.4 Å². The van der Waals surface area contributed by atoms with Crippen LogP contribution in [0.3, 0.4) is 0 Å². The number of hydrogen-bond acceptors (Lipinski definition) is 7. The number of ether oxygens (including phenoxy) is 1. The molecule has 1 heterocycles. The smallest absolute Gasteiger partial charge is 0.295 e. The molecule has 272 valence electrons. The topological polar surface area (TPSA) is 144 Å². The zero-order chi connectivity index (χ0) is 38.2. The van der Waals surface area contributed by atoms with Gasteiger partial charge >= 0.3 is 0 Å². The van der Waals surface area contributed by atoms with Gasteiger partial charge in [0.05, 0.1) is 18.5 Å². The van der Waals surface area contributed by atoms with Crippen molar-refractivity contribution in [3.05, 3.63) is 172 Å². The SMILES string of the molecule is COc1cc(O)ccc1/C=C(/NC(=O)c1ccccc1)C(=O)Nc1cccc(SC(C(=O)Nc2c(C)n(C)n(-c3ccccc3)c2=O)c2ccccc2)c1. The first-order valence-electron chi connectivity index (χ1n) is 16.9. The van der Waals surface area contributed by atoms with Crippen LogP contribution in [-0.4, -0.2) is 39.3 Å². The van der Waals surface area contributed by atoms with Crippen LogP contribution in [0.5, 0.6) is 11.5 Å². The number of benzene rings is 5. The molecule has 1 aromatic heterocycles. The molecule has 1 unspecified atom stereocenters. The Morgan fingerprint density at radius 3 is 2.17 bits per heavy atom. The molecular formula is C42H37N5O6S. The normalized spacial score (nSPS) is 11.7. The van der Waals surface area contributed by atoms with Crippen molar-refractivity contribution in [2.45, 2.75) is 17.1 Å². The van der Waals surface area contributed by atoms with Crippen molar-refractivity contribution >= 4 is 46.9 Å². The van der Waals surface area contributed by atoms with Crippen LogP contribution >= 0.6 is 11.8 Å². The van der Waals surface area contributed by atoms with E-state index >= 15 is 0 Å². The molecule has 0 saturated carbocycles. The molecule has 0 aliphatic rings. The van der Waals surface area contributed by atoms with Crippen LogP contribution in [0.4, 0.5) is 11.4 Å². The quantitative estimate of drug-likeness (QED) is 0.0776. The van der Waals surface area contributed by atoms with Crippen LogP contribution in [0, 0.1) is 6.92 Å². The van der Waals surface area contributed by atoms with E-state index in [1.807, 2.05) is 66.7 Å². The number of nitrogens with one attached hydrogen (secondary N) is 3. The third-order valence-corrected chi connectivity index (χ3v) is 9.78. The second kappa shape index (κ2) is 16.7. The van der Waals surface area contributed by atoms with Crippen LogP contribution in [-0.2, 0) is 16.6 Å². The summed E-state index contributed by atoms with van der Waals surface area (Å²) in [4.78, 5) is 55.3. The summed E-state index contributed by atoms with van der Waals surface area (Å²) in [6.07, 6.45) is 1.46.